The molecule has 0 bridgehead atoms. The Bertz CT molecular complexity index is 538. The molecule has 3 nitrogen and oxygen atoms in total. The lowest BCUT2D eigenvalue weighted by Gasteiger charge is -2.11. The van der Waals surface area contributed by atoms with Gasteiger partial charge in [-0.1, -0.05) is 6.92 Å². The van der Waals surface area contributed by atoms with Gasteiger partial charge in [-0.2, -0.15) is 0 Å². The number of halogens is 2. The van der Waals surface area contributed by atoms with E-state index in [4.69, 9.17) is 0 Å². The Morgan fingerprint density at radius 2 is 1.94 bits per heavy atom. The third-order valence-corrected chi connectivity index (χ3v) is 4.61. The Morgan fingerprint density at radius 3 is 2.41 bits per heavy atom. The summed E-state index contributed by atoms with van der Waals surface area (Å²) < 4.78 is 49.8. The van der Waals surface area contributed by atoms with Crippen LogP contribution in [-0.4, -0.2) is 19.5 Å². The van der Waals surface area contributed by atoms with Crippen LogP contribution in [0.25, 0.3) is 0 Å². The summed E-state index contributed by atoms with van der Waals surface area (Å²) in [5, 5.41) is -1.33. The quantitative estimate of drug-likeness (QED) is 0.781. The zero-order valence-corrected chi connectivity index (χ0v) is 10.2. The van der Waals surface area contributed by atoms with Gasteiger partial charge in [0.15, 0.2) is 15.6 Å². The van der Waals surface area contributed by atoms with Crippen LogP contribution in [0.3, 0.4) is 0 Å². The van der Waals surface area contributed by atoms with Crippen molar-refractivity contribution in [2.24, 2.45) is 0 Å². The molecule has 1 aromatic rings. The number of benzene rings is 1. The third kappa shape index (κ3) is 2.69. The largest absolute Gasteiger partial charge is 0.298 e. The second kappa shape index (κ2) is 4.91. The molecule has 0 fully saturated rings. The highest BCUT2D eigenvalue weighted by atomic mass is 32.2. The molecular weight excluding hydrogens is 250 g/mol. The summed E-state index contributed by atoms with van der Waals surface area (Å²) in [5.74, 6) is -2.55. The average molecular weight is 262 g/mol. The average Bonchev–Trinajstić information content (AvgIpc) is 2.26. The molecule has 0 aliphatic heterocycles. The zero-order valence-electron chi connectivity index (χ0n) is 9.41. The number of carbonyl (C=O) groups excluding carboxylic acids is 1. The topological polar surface area (TPSA) is 51.2 Å². The van der Waals surface area contributed by atoms with Crippen LogP contribution in [0.15, 0.2) is 23.1 Å². The second-order valence-electron chi connectivity index (χ2n) is 3.58. The van der Waals surface area contributed by atoms with Gasteiger partial charge in [-0.05, 0) is 19.1 Å². The van der Waals surface area contributed by atoms with Crippen molar-refractivity contribution in [3.63, 3.8) is 0 Å². The molecule has 0 saturated carbocycles. The van der Waals surface area contributed by atoms with Crippen molar-refractivity contribution in [1.29, 1.82) is 0 Å². The maximum Gasteiger partial charge on any atom is 0.190 e. The van der Waals surface area contributed by atoms with Gasteiger partial charge in [0.25, 0.3) is 0 Å². The van der Waals surface area contributed by atoms with Gasteiger partial charge >= 0.3 is 0 Å². The highest BCUT2D eigenvalue weighted by molar-refractivity contribution is 7.92. The van der Waals surface area contributed by atoms with E-state index >= 15 is 0 Å². The second-order valence-corrected chi connectivity index (χ2v) is 5.82. The van der Waals surface area contributed by atoms with Gasteiger partial charge in [-0.15, -0.1) is 0 Å². The van der Waals surface area contributed by atoms with Crippen LogP contribution in [0, 0.1) is 11.6 Å². The lowest BCUT2D eigenvalue weighted by atomic mass is 10.2. The summed E-state index contributed by atoms with van der Waals surface area (Å²) in [7, 11) is -4.09. The van der Waals surface area contributed by atoms with E-state index in [0.717, 1.165) is 12.1 Å². The summed E-state index contributed by atoms with van der Waals surface area (Å²) >= 11 is 0. The lowest BCUT2D eigenvalue weighted by Crippen LogP contribution is -2.27. The van der Waals surface area contributed by atoms with Crippen molar-refractivity contribution < 1.29 is 22.0 Å². The summed E-state index contributed by atoms with van der Waals surface area (Å²) in [6.45, 7) is 2.72. The van der Waals surface area contributed by atoms with Crippen LogP contribution in [0.1, 0.15) is 20.3 Å². The molecule has 94 valence electrons. The zero-order chi connectivity index (χ0) is 13.2. The van der Waals surface area contributed by atoms with Crippen molar-refractivity contribution in [3.05, 3.63) is 29.8 Å². The van der Waals surface area contributed by atoms with Crippen molar-refractivity contribution in [1.82, 2.24) is 0 Å². The molecular formula is C11H12F2O3S. The monoisotopic (exact) mass is 262 g/mol. The number of hydrogen-bond acceptors (Lipinski definition) is 3. The molecule has 0 aliphatic rings. The number of ketones is 1. The van der Waals surface area contributed by atoms with E-state index in [2.05, 4.69) is 0 Å². The Balaban J connectivity index is 3.27. The van der Waals surface area contributed by atoms with Gasteiger partial charge in [0.1, 0.15) is 21.8 Å². The van der Waals surface area contributed by atoms with Gasteiger partial charge < -0.3 is 0 Å². The van der Waals surface area contributed by atoms with Crippen LogP contribution in [0.2, 0.25) is 0 Å². The minimum Gasteiger partial charge on any atom is -0.298 e. The molecule has 1 rings (SSSR count). The van der Waals surface area contributed by atoms with Crippen molar-refractivity contribution >= 4 is 15.6 Å². The lowest BCUT2D eigenvalue weighted by molar-refractivity contribution is -0.118. The molecule has 0 spiro atoms. The third-order valence-electron chi connectivity index (χ3n) is 2.47. The van der Waals surface area contributed by atoms with E-state index in [1.165, 1.54) is 13.8 Å². The highest BCUT2D eigenvalue weighted by Gasteiger charge is 2.30. The van der Waals surface area contributed by atoms with E-state index < -0.39 is 37.4 Å². The van der Waals surface area contributed by atoms with Crippen LogP contribution < -0.4 is 0 Å². The van der Waals surface area contributed by atoms with Crippen LogP contribution in [0.5, 0.6) is 0 Å². The minimum atomic E-state index is -4.09. The number of rotatable bonds is 4. The Morgan fingerprint density at radius 1 is 1.35 bits per heavy atom. The van der Waals surface area contributed by atoms with Crippen LogP contribution in [-0.2, 0) is 14.6 Å². The fourth-order valence-electron chi connectivity index (χ4n) is 1.36. The summed E-state index contributed by atoms with van der Waals surface area (Å²) in [4.78, 5) is 10.7. The fraction of sp³-hybridized carbons (Fsp3) is 0.364. The van der Waals surface area contributed by atoms with E-state index in [-0.39, 0.29) is 6.42 Å². The SMILES string of the molecule is CCC(=O)C(C)S(=O)(=O)c1ccc(F)cc1F. The van der Waals surface area contributed by atoms with Crippen molar-refractivity contribution in [2.45, 2.75) is 30.4 Å². The maximum atomic E-state index is 13.3. The first-order valence-electron chi connectivity index (χ1n) is 5.02. The van der Waals surface area contributed by atoms with Gasteiger partial charge in [0, 0.05) is 12.5 Å². The summed E-state index contributed by atoms with van der Waals surface area (Å²) in [5.41, 5.74) is 0. The predicted molar refractivity (Wildman–Crippen MR) is 58.3 cm³/mol. The van der Waals surface area contributed by atoms with Gasteiger partial charge in [-0.3, -0.25) is 4.79 Å². The molecule has 1 unspecified atom stereocenters. The minimum absolute atomic E-state index is 0.0449. The van der Waals surface area contributed by atoms with Gasteiger partial charge in [-0.25, -0.2) is 17.2 Å². The molecule has 17 heavy (non-hydrogen) atoms. The molecule has 6 heteroatoms. The van der Waals surface area contributed by atoms with E-state index in [9.17, 15) is 22.0 Å². The summed E-state index contributed by atoms with van der Waals surface area (Å²) in [6.07, 6.45) is 0.0449. The molecule has 0 saturated heterocycles. The molecule has 0 N–H and O–H groups in total. The molecule has 1 atom stereocenters. The maximum absolute atomic E-state index is 13.3. The van der Waals surface area contributed by atoms with Gasteiger partial charge in [0.2, 0.25) is 0 Å². The van der Waals surface area contributed by atoms with Crippen molar-refractivity contribution in [3.8, 4) is 0 Å². The first kappa shape index (κ1) is 13.8. The van der Waals surface area contributed by atoms with E-state index in [0.29, 0.717) is 6.07 Å². The molecule has 0 aromatic heterocycles. The van der Waals surface area contributed by atoms with Crippen LogP contribution in [0.4, 0.5) is 8.78 Å². The molecule has 1 aromatic carbocycles. The Kier molecular flexibility index (Phi) is 3.98. The smallest absolute Gasteiger partial charge is 0.190 e. The number of carbonyl (C=O) groups is 1. The fourth-order valence-corrected chi connectivity index (χ4v) is 2.84. The van der Waals surface area contributed by atoms with Crippen LogP contribution >= 0.6 is 0 Å². The van der Waals surface area contributed by atoms with E-state index in [1.807, 2.05) is 0 Å². The highest BCUT2D eigenvalue weighted by Crippen LogP contribution is 2.21. The molecule has 0 aliphatic carbocycles. The number of Topliss-reactive ketones (excluding diaryl/α,β-unsaturated/α-hetero) is 1. The number of sulfone groups is 1. The Labute approximate surface area is 98.4 Å². The normalized spacial score (nSPS) is 13.4. The Hall–Kier alpha value is -1.30. The molecule has 0 heterocycles. The predicted octanol–water partition coefficient (Wildman–Crippen LogP) is 2.11. The number of hydrogen-bond donors (Lipinski definition) is 0. The standard InChI is InChI=1S/C11H12F2O3S/c1-3-10(14)7(2)17(15,16)11-5-4-8(12)6-9(11)13/h4-7H,3H2,1-2H3. The summed E-state index contributed by atoms with van der Waals surface area (Å²) in [6, 6.07) is 2.16. The first-order chi connectivity index (χ1) is 7.80. The molecule has 0 amide bonds. The van der Waals surface area contributed by atoms with Gasteiger partial charge in [0.05, 0.1) is 0 Å². The van der Waals surface area contributed by atoms with E-state index in [1.54, 1.807) is 0 Å². The van der Waals surface area contributed by atoms with Crippen molar-refractivity contribution in [2.75, 3.05) is 0 Å². The molecule has 0 radical (unpaired) electrons. The first-order valence-corrected chi connectivity index (χ1v) is 6.57.